The van der Waals surface area contributed by atoms with Crippen LogP contribution in [0.4, 0.5) is 4.79 Å². The number of nitrogens with one attached hydrogen (secondary N) is 2. The van der Waals surface area contributed by atoms with Crippen molar-refractivity contribution in [3.63, 3.8) is 0 Å². The molecule has 7 heteroatoms. The smallest absolute Gasteiger partial charge is 0.335 e. The first-order valence-electron chi connectivity index (χ1n) is 6.93. The van der Waals surface area contributed by atoms with Crippen molar-refractivity contribution in [2.45, 2.75) is 19.4 Å². The van der Waals surface area contributed by atoms with Crippen LogP contribution in [0.2, 0.25) is 0 Å². The molecule has 6 nitrogen and oxygen atoms in total. The molecule has 1 fully saturated rings. The summed E-state index contributed by atoms with van der Waals surface area (Å²) in [5.74, 6) is 1.89. The Labute approximate surface area is 127 Å². The fraction of sp³-hybridized carbons (Fsp3) is 0.500. The molecular weight excluding hydrogens is 290 g/mol. The number of thioether (sulfide) groups is 1. The monoisotopic (exact) mass is 309 g/mol. The zero-order valence-electron chi connectivity index (χ0n) is 11.7. The van der Waals surface area contributed by atoms with Gasteiger partial charge in [-0.2, -0.15) is 11.8 Å². The van der Waals surface area contributed by atoms with E-state index in [1.165, 1.54) is 29.8 Å². The number of carbonyl (C=O) groups excluding carboxylic acids is 1. The Kier molecular flexibility index (Phi) is 5.86. The zero-order valence-corrected chi connectivity index (χ0v) is 12.5. The largest absolute Gasteiger partial charge is 0.478 e. The maximum atomic E-state index is 11.7. The molecule has 0 aliphatic carbocycles. The number of carboxylic acids is 1. The Balaban J connectivity index is 1.73. The van der Waals surface area contributed by atoms with Crippen LogP contribution in [-0.2, 0) is 6.54 Å². The fourth-order valence-corrected chi connectivity index (χ4v) is 3.33. The highest BCUT2D eigenvalue weighted by molar-refractivity contribution is 7.99. The number of aromatic carboxylic acids is 1. The lowest BCUT2D eigenvalue weighted by molar-refractivity contribution is 0.0696. The molecule has 0 bridgehead atoms. The molecule has 0 saturated carbocycles. The van der Waals surface area contributed by atoms with Gasteiger partial charge >= 0.3 is 12.0 Å². The molecule has 2 heterocycles. The van der Waals surface area contributed by atoms with Crippen LogP contribution in [0.25, 0.3) is 0 Å². The molecule has 1 aliphatic heterocycles. The molecule has 1 saturated heterocycles. The van der Waals surface area contributed by atoms with Gasteiger partial charge in [-0.1, -0.05) is 0 Å². The Morgan fingerprint density at radius 2 is 2.10 bits per heavy atom. The Morgan fingerprint density at radius 1 is 1.33 bits per heavy atom. The van der Waals surface area contributed by atoms with Crippen LogP contribution in [-0.4, -0.2) is 40.1 Å². The SMILES string of the molecule is O=C(NCc1cc(C(=O)O)ccn1)NCC1CCSCC1. The predicted octanol–water partition coefficient (Wildman–Crippen LogP) is 1.72. The second-order valence-electron chi connectivity index (χ2n) is 4.96. The topological polar surface area (TPSA) is 91.3 Å². The Hall–Kier alpha value is -1.76. The number of carboxylic acid groups (broad SMARTS) is 1. The average Bonchev–Trinajstić information content (AvgIpc) is 2.52. The molecule has 1 aliphatic rings. The van der Waals surface area contributed by atoms with E-state index in [1.807, 2.05) is 11.8 Å². The summed E-state index contributed by atoms with van der Waals surface area (Å²) < 4.78 is 0. The summed E-state index contributed by atoms with van der Waals surface area (Å²) in [7, 11) is 0. The summed E-state index contributed by atoms with van der Waals surface area (Å²) in [5, 5.41) is 14.4. The fourth-order valence-electron chi connectivity index (χ4n) is 2.13. The number of urea groups is 1. The predicted molar refractivity (Wildman–Crippen MR) is 81.5 cm³/mol. The molecular formula is C14H19N3O3S. The standard InChI is InChI=1S/C14H19N3O3S/c18-13(19)11-1-4-15-12(7-11)9-17-14(20)16-8-10-2-5-21-6-3-10/h1,4,7,10H,2-3,5-6,8-9H2,(H,18,19)(H2,16,17,20). The molecule has 2 rings (SSSR count). The Morgan fingerprint density at radius 3 is 2.81 bits per heavy atom. The van der Waals surface area contributed by atoms with Crippen LogP contribution in [0.1, 0.15) is 28.9 Å². The number of hydrogen-bond donors (Lipinski definition) is 3. The molecule has 0 unspecified atom stereocenters. The normalized spacial score (nSPS) is 15.4. The van der Waals surface area contributed by atoms with Gasteiger partial charge in [0.2, 0.25) is 0 Å². The number of aromatic nitrogens is 1. The first-order valence-corrected chi connectivity index (χ1v) is 8.08. The highest BCUT2D eigenvalue weighted by atomic mass is 32.2. The van der Waals surface area contributed by atoms with E-state index in [9.17, 15) is 9.59 Å². The number of pyridine rings is 1. The summed E-state index contributed by atoms with van der Waals surface area (Å²) in [5.41, 5.74) is 0.695. The van der Waals surface area contributed by atoms with Crippen molar-refractivity contribution >= 4 is 23.8 Å². The van der Waals surface area contributed by atoms with Crippen LogP contribution < -0.4 is 10.6 Å². The third kappa shape index (κ3) is 5.26. The van der Waals surface area contributed by atoms with Crippen molar-refractivity contribution in [3.8, 4) is 0 Å². The molecule has 21 heavy (non-hydrogen) atoms. The molecule has 114 valence electrons. The lowest BCUT2D eigenvalue weighted by Gasteiger charge is -2.21. The number of nitrogens with zero attached hydrogens (tertiary/aromatic N) is 1. The van der Waals surface area contributed by atoms with Crippen molar-refractivity contribution in [2.75, 3.05) is 18.1 Å². The highest BCUT2D eigenvalue weighted by Crippen LogP contribution is 2.21. The number of amides is 2. The third-order valence-electron chi connectivity index (χ3n) is 3.39. The summed E-state index contributed by atoms with van der Waals surface area (Å²) >= 11 is 1.96. The minimum absolute atomic E-state index is 0.168. The van der Waals surface area contributed by atoms with E-state index in [-0.39, 0.29) is 18.1 Å². The quantitative estimate of drug-likeness (QED) is 0.770. The third-order valence-corrected chi connectivity index (χ3v) is 4.43. The minimum atomic E-state index is -1.00. The second kappa shape index (κ2) is 7.87. The number of hydrogen-bond acceptors (Lipinski definition) is 4. The van der Waals surface area contributed by atoms with Crippen molar-refractivity contribution in [1.82, 2.24) is 15.6 Å². The second-order valence-corrected chi connectivity index (χ2v) is 6.19. The van der Waals surface area contributed by atoms with Gasteiger partial charge in [0.25, 0.3) is 0 Å². The van der Waals surface area contributed by atoms with Crippen molar-refractivity contribution in [2.24, 2.45) is 5.92 Å². The summed E-state index contributed by atoms with van der Waals surface area (Å²) in [6.45, 7) is 0.905. The maximum absolute atomic E-state index is 11.7. The van der Waals surface area contributed by atoms with Gasteiger partial charge in [-0.15, -0.1) is 0 Å². The molecule has 0 spiro atoms. The molecule has 2 amide bonds. The lowest BCUT2D eigenvalue weighted by atomic mass is 10.0. The van der Waals surface area contributed by atoms with Crippen LogP contribution in [0.5, 0.6) is 0 Å². The summed E-state index contributed by atoms with van der Waals surface area (Å²) in [4.78, 5) is 26.6. The van der Waals surface area contributed by atoms with Gasteiger partial charge in [-0.05, 0) is 42.4 Å². The zero-order chi connectivity index (χ0) is 15.1. The van der Waals surface area contributed by atoms with Gasteiger partial charge < -0.3 is 15.7 Å². The van der Waals surface area contributed by atoms with Crippen LogP contribution in [0.3, 0.4) is 0 Å². The number of carbonyl (C=O) groups is 2. The van der Waals surface area contributed by atoms with E-state index in [1.54, 1.807) is 0 Å². The van der Waals surface area contributed by atoms with Gasteiger partial charge in [0.15, 0.2) is 0 Å². The van der Waals surface area contributed by atoms with E-state index in [0.717, 1.165) is 12.8 Å². The van der Waals surface area contributed by atoms with Crippen LogP contribution in [0.15, 0.2) is 18.3 Å². The van der Waals surface area contributed by atoms with Crippen molar-refractivity contribution < 1.29 is 14.7 Å². The average molecular weight is 309 g/mol. The van der Waals surface area contributed by atoms with E-state index in [2.05, 4.69) is 15.6 Å². The van der Waals surface area contributed by atoms with E-state index in [0.29, 0.717) is 18.2 Å². The van der Waals surface area contributed by atoms with Crippen molar-refractivity contribution in [3.05, 3.63) is 29.6 Å². The molecule has 3 N–H and O–H groups in total. The van der Waals surface area contributed by atoms with Gasteiger partial charge in [0, 0.05) is 12.7 Å². The highest BCUT2D eigenvalue weighted by Gasteiger charge is 2.14. The molecule has 0 aromatic carbocycles. The van der Waals surface area contributed by atoms with E-state index < -0.39 is 5.97 Å². The first-order chi connectivity index (χ1) is 10.1. The van der Waals surface area contributed by atoms with Gasteiger partial charge in [0.1, 0.15) is 0 Å². The van der Waals surface area contributed by atoms with E-state index >= 15 is 0 Å². The van der Waals surface area contributed by atoms with Gasteiger partial charge in [-0.25, -0.2) is 9.59 Å². The van der Waals surface area contributed by atoms with Gasteiger partial charge in [0.05, 0.1) is 17.8 Å². The number of rotatable bonds is 5. The van der Waals surface area contributed by atoms with Crippen LogP contribution in [0, 0.1) is 5.92 Å². The van der Waals surface area contributed by atoms with Crippen LogP contribution >= 0.6 is 11.8 Å². The Bertz CT molecular complexity index is 504. The lowest BCUT2D eigenvalue weighted by Crippen LogP contribution is -2.38. The van der Waals surface area contributed by atoms with Crippen molar-refractivity contribution in [1.29, 1.82) is 0 Å². The summed E-state index contributed by atoms with van der Waals surface area (Å²) in [6, 6.07) is 2.64. The molecule has 0 radical (unpaired) electrons. The molecule has 0 atom stereocenters. The summed E-state index contributed by atoms with van der Waals surface area (Å²) in [6.07, 6.45) is 3.72. The molecule has 1 aromatic rings. The maximum Gasteiger partial charge on any atom is 0.335 e. The molecule has 1 aromatic heterocycles. The van der Waals surface area contributed by atoms with E-state index in [4.69, 9.17) is 5.11 Å². The minimum Gasteiger partial charge on any atom is -0.478 e. The van der Waals surface area contributed by atoms with Gasteiger partial charge in [-0.3, -0.25) is 4.98 Å². The first kappa shape index (κ1) is 15.6.